The van der Waals surface area contributed by atoms with Gasteiger partial charge in [0.1, 0.15) is 0 Å². The molecule has 2 aliphatic carbocycles. The minimum absolute atomic E-state index is 0.00250. The molecule has 0 saturated heterocycles. The van der Waals surface area contributed by atoms with Crippen molar-refractivity contribution in [3.63, 3.8) is 0 Å². The summed E-state index contributed by atoms with van der Waals surface area (Å²) in [6.45, 7) is 0.693. The molecule has 0 unspecified atom stereocenters. The van der Waals surface area contributed by atoms with Gasteiger partial charge in [-0.25, -0.2) is 9.97 Å². The van der Waals surface area contributed by atoms with Crippen molar-refractivity contribution < 1.29 is 4.79 Å². The van der Waals surface area contributed by atoms with Gasteiger partial charge in [0.15, 0.2) is 0 Å². The van der Waals surface area contributed by atoms with Crippen molar-refractivity contribution >= 4 is 5.91 Å². The highest BCUT2D eigenvalue weighted by Crippen LogP contribution is 2.41. The third-order valence-electron chi connectivity index (χ3n) is 5.88. The number of fused-ring (bicyclic) bond motifs is 1. The van der Waals surface area contributed by atoms with E-state index in [-0.39, 0.29) is 5.91 Å². The highest BCUT2D eigenvalue weighted by molar-refractivity contribution is 6.01. The maximum atomic E-state index is 12.8. The molecule has 0 spiro atoms. The number of rotatable bonds is 4. The number of nitrogens with one attached hydrogen (secondary N) is 1. The monoisotopic (exact) mass is 359 g/mol. The first-order valence-electron chi connectivity index (χ1n) is 9.80. The van der Waals surface area contributed by atoms with Crippen molar-refractivity contribution in [3.05, 3.63) is 59.7 Å². The van der Waals surface area contributed by atoms with E-state index in [2.05, 4.69) is 44.4 Å². The van der Waals surface area contributed by atoms with Crippen LogP contribution in [0.15, 0.2) is 37.2 Å². The molecule has 6 rings (SSSR count). The van der Waals surface area contributed by atoms with Crippen molar-refractivity contribution in [3.8, 4) is 11.4 Å². The van der Waals surface area contributed by atoms with Gasteiger partial charge in [-0.2, -0.15) is 0 Å². The van der Waals surface area contributed by atoms with Crippen LogP contribution >= 0.6 is 0 Å². The van der Waals surface area contributed by atoms with Crippen LogP contribution in [0.25, 0.3) is 11.4 Å². The molecule has 2 aromatic heterocycles. The topological polar surface area (TPSA) is 64.7 Å². The summed E-state index contributed by atoms with van der Waals surface area (Å²) in [5.41, 5.74) is 6.02. The van der Waals surface area contributed by atoms with E-state index in [0.717, 1.165) is 40.3 Å². The lowest BCUT2D eigenvalue weighted by Gasteiger charge is -2.22. The number of benzene rings is 1. The van der Waals surface area contributed by atoms with Gasteiger partial charge in [-0.3, -0.25) is 4.79 Å². The van der Waals surface area contributed by atoms with Gasteiger partial charge in [-0.05, 0) is 43.7 Å². The van der Waals surface area contributed by atoms with Crippen molar-refractivity contribution in [2.75, 3.05) is 6.54 Å². The third-order valence-corrected chi connectivity index (χ3v) is 5.88. The zero-order valence-electron chi connectivity index (χ0n) is 15.1. The molecule has 27 heavy (non-hydrogen) atoms. The van der Waals surface area contributed by atoms with Crippen LogP contribution in [0.2, 0.25) is 0 Å². The van der Waals surface area contributed by atoms with Gasteiger partial charge in [-0.15, -0.1) is 0 Å². The van der Waals surface area contributed by atoms with E-state index in [0.29, 0.717) is 18.4 Å². The molecule has 136 valence electrons. The van der Waals surface area contributed by atoms with Crippen LogP contribution in [0, 0.1) is 0 Å². The fraction of sp³-hybridized carbons (Fsp3) is 0.381. The second-order valence-electron chi connectivity index (χ2n) is 7.93. The average Bonchev–Trinajstić information content (AvgIpc) is 3.62. The Kier molecular flexibility index (Phi) is 3.12. The largest absolute Gasteiger partial charge is 0.352 e. The molecule has 0 atom stereocenters. The molecule has 3 heterocycles. The maximum absolute atomic E-state index is 12.8. The van der Waals surface area contributed by atoms with Crippen LogP contribution in [-0.4, -0.2) is 31.6 Å². The van der Waals surface area contributed by atoms with Gasteiger partial charge < -0.3 is 14.5 Å². The predicted octanol–water partition coefficient (Wildman–Crippen LogP) is 3.10. The Bertz CT molecular complexity index is 1050. The van der Waals surface area contributed by atoms with Crippen LogP contribution in [0.1, 0.15) is 64.8 Å². The zero-order chi connectivity index (χ0) is 18.0. The lowest BCUT2D eigenvalue weighted by Crippen LogP contribution is -2.33. The number of amides is 1. The summed E-state index contributed by atoms with van der Waals surface area (Å²) in [4.78, 5) is 22.0. The van der Waals surface area contributed by atoms with Crippen molar-refractivity contribution in [2.24, 2.45) is 0 Å². The van der Waals surface area contributed by atoms with Crippen molar-refractivity contribution in [1.82, 2.24) is 24.4 Å². The standard InChI is InChI=1S/C21H21N5O/c27-21-19-15(7-8-22-21)5-6-18(25-9-16(23-11-25)13-1-2-13)20(19)26-10-17(24-12-26)14-3-4-14/h5-6,9-14H,1-4,7-8H2,(H,22,27). The number of hydrogen-bond acceptors (Lipinski definition) is 3. The molecule has 1 amide bonds. The average molecular weight is 359 g/mol. The summed E-state index contributed by atoms with van der Waals surface area (Å²) >= 11 is 0. The van der Waals surface area contributed by atoms with E-state index >= 15 is 0 Å². The van der Waals surface area contributed by atoms with Gasteiger partial charge >= 0.3 is 0 Å². The van der Waals surface area contributed by atoms with E-state index in [4.69, 9.17) is 0 Å². The highest BCUT2D eigenvalue weighted by atomic mass is 16.1. The first-order chi connectivity index (χ1) is 13.3. The summed E-state index contributed by atoms with van der Waals surface area (Å²) in [7, 11) is 0. The Labute approximate surface area is 157 Å². The fourth-order valence-electron chi connectivity index (χ4n) is 4.06. The van der Waals surface area contributed by atoms with Crippen LogP contribution in [0.3, 0.4) is 0 Å². The Morgan fingerprint density at radius 1 is 0.926 bits per heavy atom. The molecule has 1 N–H and O–H groups in total. The fourth-order valence-corrected chi connectivity index (χ4v) is 4.06. The molecule has 3 aromatic rings. The van der Waals surface area contributed by atoms with E-state index < -0.39 is 0 Å². The number of carbonyl (C=O) groups is 1. The van der Waals surface area contributed by atoms with Gasteiger partial charge in [0.05, 0.1) is 41.0 Å². The number of imidazole rings is 2. The number of hydrogen-bond donors (Lipinski definition) is 1. The summed E-state index contributed by atoms with van der Waals surface area (Å²) in [5, 5.41) is 3.00. The first-order valence-corrected chi connectivity index (χ1v) is 9.80. The smallest absolute Gasteiger partial charge is 0.253 e. The minimum Gasteiger partial charge on any atom is -0.352 e. The predicted molar refractivity (Wildman–Crippen MR) is 101 cm³/mol. The highest BCUT2D eigenvalue weighted by Gasteiger charge is 2.30. The van der Waals surface area contributed by atoms with E-state index in [1.165, 1.54) is 25.7 Å². The van der Waals surface area contributed by atoms with Crippen molar-refractivity contribution in [2.45, 2.75) is 43.9 Å². The molecular weight excluding hydrogens is 338 g/mol. The second kappa shape index (κ2) is 5.55. The number of aromatic nitrogens is 4. The summed E-state index contributed by atoms with van der Waals surface area (Å²) < 4.78 is 4.09. The molecule has 0 radical (unpaired) electrons. The summed E-state index contributed by atoms with van der Waals surface area (Å²) in [6, 6.07) is 4.20. The molecule has 6 nitrogen and oxygen atoms in total. The van der Waals surface area contributed by atoms with Crippen LogP contribution in [-0.2, 0) is 6.42 Å². The van der Waals surface area contributed by atoms with E-state index in [9.17, 15) is 4.79 Å². The molecule has 0 bridgehead atoms. The van der Waals surface area contributed by atoms with Crippen LogP contribution < -0.4 is 5.32 Å². The molecule has 3 aliphatic rings. The molecule has 2 fully saturated rings. The van der Waals surface area contributed by atoms with E-state index in [1.54, 1.807) is 0 Å². The summed E-state index contributed by atoms with van der Waals surface area (Å²) in [6.07, 6.45) is 13.7. The molecular formula is C21H21N5O. The third kappa shape index (κ3) is 2.51. The second-order valence-corrected chi connectivity index (χ2v) is 7.93. The lowest BCUT2D eigenvalue weighted by molar-refractivity contribution is 0.0946. The maximum Gasteiger partial charge on any atom is 0.253 e. The molecule has 2 saturated carbocycles. The zero-order valence-corrected chi connectivity index (χ0v) is 15.1. The lowest BCUT2D eigenvalue weighted by atomic mass is 9.97. The Balaban J connectivity index is 1.55. The van der Waals surface area contributed by atoms with E-state index in [1.807, 2.05) is 17.2 Å². The Morgan fingerprint density at radius 3 is 2.30 bits per heavy atom. The number of carbonyl (C=O) groups excluding carboxylic acids is 1. The van der Waals surface area contributed by atoms with Crippen molar-refractivity contribution in [1.29, 1.82) is 0 Å². The minimum atomic E-state index is -0.00250. The van der Waals surface area contributed by atoms with Gasteiger partial charge in [0.25, 0.3) is 5.91 Å². The first kappa shape index (κ1) is 15.2. The van der Waals surface area contributed by atoms with Gasteiger partial charge in [0.2, 0.25) is 0 Å². The van der Waals surface area contributed by atoms with Gasteiger partial charge in [0, 0.05) is 30.8 Å². The molecule has 1 aromatic carbocycles. The summed E-state index contributed by atoms with van der Waals surface area (Å²) in [5.74, 6) is 1.18. The SMILES string of the molecule is O=C1NCCc2ccc(-n3cnc(C4CC4)c3)c(-n3cnc(C4CC4)c3)c21. The van der Waals surface area contributed by atoms with Crippen LogP contribution in [0.5, 0.6) is 0 Å². The molecule has 6 heteroatoms. The Hall–Kier alpha value is -2.89. The quantitative estimate of drug-likeness (QED) is 0.778. The normalized spacial score (nSPS) is 19.0. The molecule has 1 aliphatic heterocycles. The number of nitrogens with zero attached hydrogens (tertiary/aromatic N) is 4. The van der Waals surface area contributed by atoms with Crippen LogP contribution in [0.4, 0.5) is 0 Å². The van der Waals surface area contributed by atoms with Gasteiger partial charge in [-0.1, -0.05) is 6.07 Å². The Morgan fingerprint density at radius 2 is 1.59 bits per heavy atom.